The first-order valence-corrected chi connectivity index (χ1v) is 5.98. The van der Waals surface area contributed by atoms with E-state index in [0.29, 0.717) is 21.4 Å². The van der Waals surface area contributed by atoms with Crippen molar-refractivity contribution in [2.24, 2.45) is 0 Å². The molecule has 0 aliphatic carbocycles. The second-order valence-corrected chi connectivity index (χ2v) is 4.69. The standard InChI is InChI=1S/C11H6Cl2N4O2/c12-4-1-2-6(13)5(3-4)8-14-7-9(15-8)16-11(19)17-10(7)18/h1-3H,(H3,14,15,16,17,18,19). The molecule has 0 amide bonds. The highest BCUT2D eigenvalue weighted by Crippen LogP contribution is 2.28. The van der Waals surface area contributed by atoms with Crippen LogP contribution in [0.2, 0.25) is 10.0 Å². The number of nitrogens with one attached hydrogen (secondary N) is 3. The van der Waals surface area contributed by atoms with E-state index in [1.165, 1.54) is 0 Å². The molecule has 0 saturated carbocycles. The number of hydrogen-bond acceptors (Lipinski definition) is 3. The molecule has 3 aromatic rings. The summed E-state index contributed by atoms with van der Waals surface area (Å²) >= 11 is 11.9. The number of benzene rings is 1. The number of aromatic amines is 3. The number of H-pyrrole nitrogens is 3. The molecular formula is C11H6Cl2N4O2. The van der Waals surface area contributed by atoms with Crippen LogP contribution in [-0.2, 0) is 0 Å². The summed E-state index contributed by atoms with van der Waals surface area (Å²) in [5, 5.41) is 0.921. The maximum Gasteiger partial charge on any atom is 0.327 e. The van der Waals surface area contributed by atoms with Gasteiger partial charge in [-0.1, -0.05) is 23.2 Å². The first-order chi connectivity index (χ1) is 9.04. The Balaban J connectivity index is 2.32. The largest absolute Gasteiger partial charge is 0.332 e. The number of imidazole rings is 1. The number of halogens is 2. The molecule has 8 heteroatoms. The van der Waals surface area contributed by atoms with Gasteiger partial charge in [-0.05, 0) is 18.2 Å². The number of rotatable bonds is 1. The Morgan fingerprint density at radius 1 is 1.05 bits per heavy atom. The highest BCUT2D eigenvalue weighted by atomic mass is 35.5. The second kappa shape index (κ2) is 4.25. The summed E-state index contributed by atoms with van der Waals surface area (Å²) in [5.41, 5.74) is -0.278. The quantitative estimate of drug-likeness (QED) is 0.640. The lowest BCUT2D eigenvalue weighted by molar-refractivity contribution is 1.07. The van der Waals surface area contributed by atoms with Gasteiger partial charge in [0.15, 0.2) is 5.65 Å². The minimum absolute atomic E-state index is 0.166. The lowest BCUT2D eigenvalue weighted by Crippen LogP contribution is -2.21. The molecular weight excluding hydrogens is 291 g/mol. The highest BCUT2D eigenvalue weighted by molar-refractivity contribution is 6.35. The van der Waals surface area contributed by atoms with E-state index in [4.69, 9.17) is 23.2 Å². The Bertz CT molecular complexity index is 894. The van der Waals surface area contributed by atoms with E-state index in [1.54, 1.807) is 18.2 Å². The van der Waals surface area contributed by atoms with E-state index < -0.39 is 11.2 Å². The van der Waals surface area contributed by atoms with E-state index in [0.717, 1.165) is 0 Å². The maximum absolute atomic E-state index is 11.6. The van der Waals surface area contributed by atoms with E-state index in [2.05, 4.69) is 19.9 Å². The summed E-state index contributed by atoms with van der Waals surface area (Å²) in [4.78, 5) is 34.2. The summed E-state index contributed by atoms with van der Waals surface area (Å²) in [6.07, 6.45) is 0. The van der Waals surface area contributed by atoms with Crippen LogP contribution in [-0.4, -0.2) is 19.9 Å². The zero-order chi connectivity index (χ0) is 13.6. The summed E-state index contributed by atoms with van der Waals surface area (Å²) in [7, 11) is 0. The molecule has 2 aromatic heterocycles. The molecule has 0 aliphatic heterocycles. The van der Waals surface area contributed by atoms with Crippen molar-refractivity contribution in [1.29, 1.82) is 0 Å². The molecule has 6 nitrogen and oxygen atoms in total. The molecule has 0 radical (unpaired) electrons. The highest BCUT2D eigenvalue weighted by Gasteiger charge is 2.12. The second-order valence-electron chi connectivity index (χ2n) is 3.84. The van der Waals surface area contributed by atoms with Crippen molar-refractivity contribution in [3.63, 3.8) is 0 Å². The van der Waals surface area contributed by atoms with Gasteiger partial charge in [0.1, 0.15) is 11.3 Å². The van der Waals surface area contributed by atoms with E-state index in [9.17, 15) is 9.59 Å². The Morgan fingerprint density at radius 3 is 2.63 bits per heavy atom. The average molecular weight is 297 g/mol. The molecule has 0 aliphatic rings. The Kier molecular flexibility index (Phi) is 2.69. The molecule has 0 spiro atoms. The van der Waals surface area contributed by atoms with E-state index in [1.807, 2.05) is 0 Å². The lowest BCUT2D eigenvalue weighted by Gasteiger charge is -2.00. The monoisotopic (exact) mass is 296 g/mol. The predicted octanol–water partition coefficient (Wildman–Crippen LogP) is 1.91. The van der Waals surface area contributed by atoms with Crippen LogP contribution in [0.15, 0.2) is 27.8 Å². The van der Waals surface area contributed by atoms with E-state index >= 15 is 0 Å². The third kappa shape index (κ3) is 2.05. The molecule has 0 fully saturated rings. The molecule has 0 atom stereocenters. The molecule has 3 N–H and O–H groups in total. The molecule has 19 heavy (non-hydrogen) atoms. The van der Waals surface area contributed by atoms with Crippen molar-refractivity contribution in [2.75, 3.05) is 0 Å². The molecule has 2 heterocycles. The average Bonchev–Trinajstić information content (AvgIpc) is 2.76. The van der Waals surface area contributed by atoms with Crippen LogP contribution in [0, 0.1) is 0 Å². The molecule has 0 bridgehead atoms. The molecule has 96 valence electrons. The van der Waals surface area contributed by atoms with E-state index in [-0.39, 0.29) is 11.2 Å². The summed E-state index contributed by atoms with van der Waals surface area (Å²) < 4.78 is 0. The van der Waals surface area contributed by atoms with Crippen molar-refractivity contribution >= 4 is 34.4 Å². The Hall–Kier alpha value is -2.05. The van der Waals surface area contributed by atoms with Gasteiger partial charge in [0.2, 0.25) is 0 Å². The summed E-state index contributed by atoms with van der Waals surface area (Å²) in [6.45, 7) is 0. The van der Waals surface area contributed by atoms with Crippen molar-refractivity contribution in [1.82, 2.24) is 19.9 Å². The van der Waals surface area contributed by atoms with Crippen LogP contribution in [0.25, 0.3) is 22.6 Å². The molecule has 0 saturated heterocycles. The fraction of sp³-hybridized carbons (Fsp3) is 0. The first kappa shape index (κ1) is 12.0. The molecule has 3 rings (SSSR count). The molecule has 1 aromatic carbocycles. The van der Waals surface area contributed by atoms with Gasteiger partial charge in [0.05, 0.1) is 5.02 Å². The van der Waals surface area contributed by atoms with Crippen LogP contribution in [0.4, 0.5) is 0 Å². The van der Waals surface area contributed by atoms with Gasteiger partial charge in [-0.25, -0.2) is 9.78 Å². The SMILES string of the molecule is O=c1[nH]c(=O)c2[nH]c(-c3cc(Cl)ccc3Cl)nc2[nH]1. The van der Waals surface area contributed by atoms with Gasteiger partial charge in [0.25, 0.3) is 5.56 Å². The Morgan fingerprint density at radius 2 is 1.84 bits per heavy atom. The fourth-order valence-electron chi connectivity index (χ4n) is 1.74. The number of hydrogen-bond donors (Lipinski definition) is 3. The fourth-order valence-corrected chi connectivity index (χ4v) is 2.12. The Labute approximate surface area is 115 Å². The van der Waals surface area contributed by atoms with Crippen molar-refractivity contribution in [3.8, 4) is 11.4 Å². The van der Waals surface area contributed by atoms with Crippen molar-refractivity contribution in [2.45, 2.75) is 0 Å². The minimum Gasteiger partial charge on any atom is -0.332 e. The van der Waals surface area contributed by atoms with Gasteiger partial charge in [-0.3, -0.25) is 14.8 Å². The van der Waals surface area contributed by atoms with Gasteiger partial charge in [-0.2, -0.15) is 0 Å². The van der Waals surface area contributed by atoms with Crippen LogP contribution < -0.4 is 11.2 Å². The summed E-state index contributed by atoms with van der Waals surface area (Å²) in [6, 6.07) is 4.89. The number of nitrogens with zero attached hydrogens (tertiary/aromatic N) is 1. The van der Waals surface area contributed by atoms with Crippen LogP contribution in [0.5, 0.6) is 0 Å². The lowest BCUT2D eigenvalue weighted by atomic mass is 10.2. The van der Waals surface area contributed by atoms with Crippen LogP contribution in [0.1, 0.15) is 0 Å². The topological polar surface area (TPSA) is 94.4 Å². The minimum atomic E-state index is -0.618. The third-order valence-electron chi connectivity index (χ3n) is 2.57. The normalized spacial score (nSPS) is 11.1. The number of aromatic nitrogens is 4. The van der Waals surface area contributed by atoms with Gasteiger partial charge in [0, 0.05) is 10.6 Å². The maximum atomic E-state index is 11.6. The zero-order valence-electron chi connectivity index (χ0n) is 9.25. The van der Waals surface area contributed by atoms with Crippen molar-refractivity contribution < 1.29 is 0 Å². The van der Waals surface area contributed by atoms with Gasteiger partial charge in [-0.15, -0.1) is 0 Å². The third-order valence-corrected chi connectivity index (χ3v) is 3.14. The van der Waals surface area contributed by atoms with Gasteiger partial charge >= 0.3 is 5.69 Å². The van der Waals surface area contributed by atoms with Crippen LogP contribution in [0.3, 0.4) is 0 Å². The molecule has 0 unspecified atom stereocenters. The number of fused-ring (bicyclic) bond motifs is 1. The van der Waals surface area contributed by atoms with Gasteiger partial charge < -0.3 is 4.98 Å². The zero-order valence-corrected chi connectivity index (χ0v) is 10.8. The van der Waals surface area contributed by atoms with Crippen LogP contribution >= 0.6 is 23.2 Å². The predicted molar refractivity (Wildman–Crippen MR) is 72.8 cm³/mol. The van der Waals surface area contributed by atoms with Crippen molar-refractivity contribution in [3.05, 3.63) is 49.1 Å². The smallest absolute Gasteiger partial charge is 0.327 e. The summed E-state index contributed by atoms with van der Waals surface area (Å²) in [5.74, 6) is 0.356. The first-order valence-electron chi connectivity index (χ1n) is 5.22.